The van der Waals surface area contributed by atoms with Gasteiger partial charge in [-0.15, -0.1) is 5.11 Å². The Morgan fingerprint density at radius 1 is 1.13 bits per heavy atom. The second kappa shape index (κ2) is 8.64. The normalized spacial score (nSPS) is 15.1. The molecule has 30 heavy (non-hydrogen) atoms. The number of nitrogens with one attached hydrogen (secondary N) is 1. The highest BCUT2D eigenvalue weighted by Gasteiger charge is 2.14. The Morgan fingerprint density at radius 2 is 1.97 bits per heavy atom. The number of carbonyl (C=O) groups is 1. The van der Waals surface area contributed by atoms with Crippen LogP contribution in [0.15, 0.2) is 65.0 Å². The van der Waals surface area contributed by atoms with Crippen LogP contribution < -0.4 is 14.8 Å². The fourth-order valence-electron chi connectivity index (χ4n) is 2.91. The van der Waals surface area contributed by atoms with Gasteiger partial charge in [0.25, 0.3) is 0 Å². The van der Waals surface area contributed by atoms with Crippen molar-refractivity contribution in [1.82, 2.24) is 20.3 Å². The lowest BCUT2D eigenvalue weighted by Crippen LogP contribution is -2.24. The van der Waals surface area contributed by atoms with Gasteiger partial charge in [-0.25, -0.2) is 9.97 Å². The number of hydrogen-bond donors (Lipinski definition) is 1. The van der Waals surface area contributed by atoms with Crippen LogP contribution in [0.5, 0.6) is 17.2 Å². The summed E-state index contributed by atoms with van der Waals surface area (Å²) in [4.78, 5) is 24.9. The zero-order chi connectivity index (χ0) is 20.9. The van der Waals surface area contributed by atoms with E-state index in [9.17, 15) is 4.79 Å². The SMILES string of the molecule is CCC1C=C(NC(=O)Cc2ncc(Oc3ccnc4cc(OC)ccc34)cn2)N=N1. The van der Waals surface area contributed by atoms with E-state index in [0.717, 1.165) is 23.1 Å². The molecule has 3 heterocycles. The van der Waals surface area contributed by atoms with Gasteiger partial charge in [0.1, 0.15) is 17.3 Å². The van der Waals surface area contributed by atoms with E-state index in [4.69, 9.17) is 9.47 Å². The summed E-state index contributed by atoms with van der Waals surface area (Å²) in [5.74, 6) is 2.40. The summed E-state index contributed by atoms with van der Waals surface area (Å²) >= 11 is 0. The van der Waals surface area contributed by atoms with E-state index in [-0.39, 0.29) is 18.4 Å². The minimum absolute atomic E-state index is 0.0262. The predicted molar refractivity (Wildman–Crippen MR) is 109 cm³/mol. The third kappa shape index (κ3) is 4.40. The molecule has 0 aliphatic carbocycles. The summed E-state index contributed by atoms with van der Waals surface area (Å²) in [5.41, 5.74) is 0.754. The molecule has 3 aromatic rings. The average Bonchev–Trinajstić information content (AvgIpc) is 3.22. The molecule has 1 aliphatic rings. The van der Waals surface area contributed by atoms with Crippen molar-refractivity contribution >= 4 is 16.8 Å². The number of hydrogen-bond acceptors (Lipinski definition) is 8. The summed E-state index contributed by atoms with van der Waals surface area (Å²) in [6, 6.07) is 7.36. The molecule has 0 saturated carbocycles. The molecule has 9 heteroatoms. The highest BCUT2D eigenvalue weighted by atomic mass is 16.5. The molecule has 0 bridgehead atoms. The number of azo groups is 1. The zero-order valence-electron chi connectivity index (χ0n) is 16.6. The van der Waals surface area contributed by atoms with Crippen molar-refractivity contribution < 1.29 is 14.3 Å². The Balaban J connectivity index is 1.41. The van der Waals surface area contributed by atoms with E-state index in [1.165, 1.54) is 12.4 Å². The topological polar surface area (TPSA) is 111 Å². The number of nitrogens with zero attached hydrogens (tertiary/aromatic N) is 5. The molecule has 1 amide bonds. The number of pyridine rings is 1. The van der Waals surface area contributed by atoms with E-state index in [1.807, 2.05) is 31.2 Å². The van der Waals surface area contributed by atoms with E-state index in [0.29, 0.717) is 23.1 Å². The molecule has 0 saturated heterocycles. The Labute approximate surface area is 172 Å². The molecule has 152 valence electrons. The van der Waals surface area contributed by atoms with Crippen LogP contribution in [0, 0.1) is 0 Å². The summed E-state index contributed by atoms with van der Waals surface area (Å²) in [6.45, 7) is 2.01. The van der Waals surface area contributed by atoms with E-state index in [1.54, 1.807) is 19.4 Å². The predicted octanol–water partition coefficient (Wildman–Crippen LogP) is 3.57. The first-order valence-corrected chi connectivity index (χ1v) is 9.48. The molecule has 1 atom stereocenters. The maximum Gasteiger partial charge on any atom is 0.233 e. The Morgan fingerprint density at radius 3 is 2.70 bits per heavy atom. The second-order valence-electron chi connectivity index (χ2n) is 6.60. The minimum atomic E-state index is -0.250. The molecule has 1 aromatic carbocycles. The molecule has 2 aromatic heterocycles. The molecule has 0 spiro atoms. The maximum absolute atomic E-state index is 12.2. The molecule has 9 nitrogen and oxygen atoms in total. The van der Waals surface area contributed by atoms with Crippen LogP contribution in [0.4, 0.5) is 0 Å². The number of carbonyl (C=O) groups excluding carboxylic acids is 1. The van der Waals surface area contributed by atoms with Crippen molar-refractivity contribution in [1.29, 1.82) is 0 Å². The third-order valence-electron chi connectivity index (χ3n) is 4.49. The van der Waals surface area contributed by atoms with Crippen LogP contribution in [0.1, 0.15) is 19.2 Å². The highest BCUT2D eigenvalue weighted by Crippen LogP contribution is 2.30. The van der Waals surface area contributed by atoms with E-state index < -0.39 is 0 Å². The average molecular weight is 404 g/mol. The number of aromatic nitrogens is 3. The molecule has 1 N–H and O–H groups in total. The Hall–Kier alpha value is -3.88. The summed E-state index contributed by atoms with van der Waals surface area (Å²) in [7, 11) is 1.61. The quantitative estimate of drug-likeness (QED) is 0.644. The number of ether oxygens (including phenoxy) is 2. The first-order valence-electron chi connectivity index (χ1n) is 9.48. The Bertz CT molecular complexity index is 1130. The third-order valence-corrected chi connectivity index (χ3v) is 4.49. The van der Waals surface area contributed by atoms with Crippen molar-refractivity contribution in [2.24, 2.45) is 10.2 Å². The van der Waals surface area contributed by atoms with Gasteiger partial charge in [0.2, 0.25) is 5.91 Å². The van der Waals surface area contributed by atoms with Crippen molar-refractivity contribution in [2.75, 3.05) is 7.11 Å². The fourth-order valence-corrected chi connectivity index (χ4v) is 2.91. The van der Waals surface area contributed by atoms with Gasteiger partial charge < -0.3 is 14.8 Å². The number of benzene rings is 1. The molecule has 0 radical (unpaired) electrons. The van der Waals surface area contributed by atoms with Gasteiger partial charge in [-0.3, -0.25) is 9.78 Å². The van der Waals surface area contributed by atoms with Gasteiger partial charge in [0.05, 0.1) is 37.5 Å². The van der Waals surface area contributed by atoms with Crippen molar-refractivity contribution in [3.8, 4) is 17.2 Å². The molecule has 1 unspecified atom stereocenters. The van der Waals surface area contributed by atoms with Crippen LogP contribution >= 0.6 is 0 Å². The number of methoxy groups -OCH3 is 1. The molecule has 0 fully saturated rings. The maximum atomic E-state index is 12.2. The highest BCUT2D eigenvalue weighted by molar-refractivity contribution is 5.86. The monoisotopic (exact) mass is 404 g/mol. The van der Waals surface area contributed by atoms with Crippen molar-refractivity contribution in [3.05, 3.63) is 60.6 Å². The number of fused-ring (bicyclic) bond motifs is 1. The van der Waals surface area contributed by atoms with Crippen molar-refractivity contribution in [2.45, 2.75) is 25.8 Å². The fraction of sp³-hybridized carbons (Fsp3) is 0.238. The Kier molecular flexibility index (Phi) is 5.60. The summed E-state index contributed by atoms with van der Waals surface area (Å²) < 4.78 is 11.1. The number of amides is 1. The minimum Gasteiger partial charge on any atom is -0.497 e. The van der Waals surface area contributed by atoms with Gasteiger partial charge in [-0.1, -0.05) is 6.92 Å². The second-order valence-corrected chi connectivity index (χ2v) is 6.60. The molecule has 4 rings (SSSR count). The zero-order valence-corrected chi connectivity index (χ0v) is 16.6. The van der Waals surface area contributed by atoms with Crippen LogP contribution in [-0.4, -0.2) is 34.0 Å². The molecular formula is C21H20N6O3. The van der Waals surface area contributed by atoms with Gasteiger partial charge in [0, 0.05) is 17.6 Å². The first-order chi connectivity index (χ1) is 14.6. The summed E-state index contributed by atoms with van der Waals surface area (Å²) in [5, 5.41) is 11.5. The van der Waals surface area contributed by atoms with Gasteiger partial charge in [0.15, 0.2) is 11.6 Å². The van der Waals surface area contributed by atoms with Crippen LogP contribution in [0.2, 0.25) is 0 Å². The van der Waals surface area contributed by atoms with Crippen LogP contribution in [0.3, 0.4) is 0 Å². The van der Waals surface area contributed by atoms with Gasteiger partial charge >= 0.3 is 0 Å². The molecular weight excluding hydrogens is 384 g/mol. The largest absolute Gasteiger partial charge is 0.497 e. The smallest absolute Gasteiger partial charge is 0.233 e. The van der Waals surface area contributed by atoms with Crippen LogP contribution in [0.25, 0.3) is 10.9 Å². The van der Waals surface area contributed by atoms with Gasteiger partial charge in [-0.2, -0.15) is 5.11 Å². The van der Waals surface area contributed by atoms with Gasteiger partial charge in [-0.05, 0) is 30.7 Å². The molecule has 1 aliphatic heterocycles. The number of rotatable bonds is 7. The standard InChI is InChI=1S/C21H20N6O3/c1-3-13-8-20(27-26-13)25-21(28)10-19-23-11-15(12-24-19)30-18-6-7-22-17-9-14(29-2)4-5-16(17)18/h4-9,11-13H,3,10H2,1-2H3,(H,25,28). The lowest BCUT2D eigenvalue weighted by Gasteiger charge is -2.09. The van der Waals surface area contributed by atoms with E-state index in [2.05, 4.69) is 30.5 Å². The lowest BCUT2D eigenvalue weighted by atomic mass is 10.2. The van der Waals surface area contributed by atoms with E-state index >= 15 is 0 Å². The van der Waals surface area contributed by atoms with Crippen LogP contribution in [-0.2, 0) is 11.2 Å². The first kappa shape index (κ1) is 19.4. The summed E-state index contributed by atoms with van der Waals surface area (Å²) in [6.07, 6.45) is 7.43. The lowest BCUT2D eigenvalue weighted by molar-refractivity contribution is -0.119. The van der Waals surface area contributed by atoms with Crippen molar-refractivity contribution in [3.63, 3.8) is 0 Å².